The van der Waals surface area contributed by atoms with Gasteiger partial charge in [0.25, 0.3) is 0 Å². The van der Waals surface area contributed by atoms with Crippen LogP contribution >= 0.6 is 0 Å². The maximum Gasteiger partial charge on any atom is 0.0484 e. The summed E-state index contributed by atoms with van der Waals surface area (Å²) in [6.45, 7) is 6.87. The molecule has 1 aliphatic rings. The molecule has 1 rings (SSSR count). The van der Waals surface area contributed by atoms with Gasteiger partial charge in [-0.15, -0.1) is 0 Å². The van der Waals surface area contributed by atoms with E-state index in [-0.39, 0.29) is 0 Å². The molecule has 0 atom stereocenters. The molecule has 22 heavy (non-hydrogen) atoms. The molecular weight excluding hydrogens is 268 g/mol. The largest absolute Gasteiger partial charge is 0.303 e. The van der Waals surface area contributed by atoms with Crippen LogP contribution < -0.4 is 5.32 Å². The first-order chi connectivity index (χ1) is 10.9. The van der Waals surface area contributed by atoms with Gasteiger partial charge in [-0.3, -0.25) is 4.90 Å². The van der Waals surface area contributed by atoms with Crippen LogP contribution in [0.3, 0.4) is 0 Å². The Morgan fingerprint density at radius 3 is 1.91 bits per heavy atom. The van der Waals surface area contributed by atoms with Crippen LogP contribution in [0.1, 0.15) is 90.4 Å². The molecule has 1 N–H and O–H groups in total. The van der Waals surface area contributed by atoms with Gasteiger partial charge in [0.2, 0.25) is 0 Å². The van der Waals surface area contributed by atoms with Gasteiger partial charge in [0.05, 0.1) is 0 Å². The molecular formula is C20H40N2. The highest BCUT2D eigenvalue weighted by molar-refractivity contribution is 4.86. The molecule has 0 radical (unpaired) electrons. The van der Waals surface area contributed by atoms with Crippen molar-refractivity contribution in [3.8, 4) is 0 Å². The van der Waals surface area contributed by atoms with E-state index >= 15 is 0 Å². The van der Waals surface area contributed by atoms with Crippen molar-refractivity contribution in [3.63, 3.8) is 0 Å². The molecule has 0 aromatic carbocycles. The van der Waals surface area contributed by atoms with E-state index < -0.39 is 0 Å². The van der Waals surface area contributed by atoms with Crippen LogP contribution in [0.25, 0.3) is 0 Å². The van der Waals surface area contributed by atoms with Crippen molar-refractivity contribution in [2.45, 2.75) is 90.4 Å². The number of unbranched alkanes of at least 4 members (excludes halogenated alkanes) is 12. The first-order valence-electron chi connectivity index (χ1n) is 10.0. The first kappa shape index (κ1) is 19.7. The Balaban J connectivity index is 1.70. The lowest BCUT2D eigenvalue weighted by atomic mass is 10.0. The lowest BCUT2D eigenvalue weighted by Gasteiger charge is -2.09. The predicted octanol–water partition coefficient (Wildman–Crippen LogP) is 5.50. The van der Waals surface area contributed by atoms with Gasteiger partial charge in [-0.1, -0.05) is 89.7 Å². The van der Waals surface area contributed by atoms with Gasteiger partial charge in [-0.05, 0) is 12.8 Å². The highest BCUT2D eigenvalue weighted by Crippen LogP contribution is 2.12. The molecule has 0 aromatic rings. The average Bonchev–Trinajstić information content (AvgIpc) is 3.04. The molecule has 1 fully saturated rings. The molecule has 1 heterocycles. The molecule has 0 unspecified atom stereocenters. The van der Waals surface area contributed by atoms with E-state index in [1.54, 1.807) is 0 Å². The third-order valence-electron chi connectivity index (χ3n) is 4.69. The molecule has 130 valence electrons. The Morgan fingerprint density at radius 2 is 1.36 bits per heavy atom. The zero-order valence-electron chi connectivity index (χ0n) is 15.1. The van der Waals surface area contributed by atoms with Crippen LogP contribution in [-0.4, -0.2) is 31.2 Å². The molecule has 1 saturated heterocycles. The third-order valence-corrected chi connectivity index (χ3v) is 4.69. The summed E-state index contributed by atoms with van der Waals surface area (Å²) in [6.07, 6.45) is 23.3. The number of hydrogen-bond acceptors (Lipinski definition) is 2. The van der Waals surface area contributed by atoms with E-state index in [0.717, 1.165) is 19.8 Å². The van der Waals surface area contributed by atoms with Crippen LogP contribution in [0.4, 0.5) is 0 Å². The maximum absolute atomic E-state index is 3.37. The molecule has 0 amide bonds. The van der Waals surface area contributed by atoms with Gasteiger partial charge in [0.15, 0.2) is 0 Å². The summed E-state index contributed by atoms with van der Waals surface area (Å²) < 4.78 is 0. The SMILES string of the molecule is CCCCCCCCCCCCCCC=CCN1CCNC1. The zero-order chi connectivity index (χ0) is 15.7. The lowest BCUT2D eigenvalue weighted by molar-refractivity contribution is 0.372. The quantitative estimate of drug-likeness (QED) is 0.317. The molecule has 0 spiro atoms. The summed E-state index contributed by atoms with van der Waals surface area (Å²) in [7, 11) is 0. The molecule has 2 nitrogen and oxygen atoms in total. The van der Waals surface area contributed by atoms with E-state index in [2.05, 4.69) is 29.3 Å². The third kappa shape index (κ3) is 12.2. The maximum atomic E-state index is 3.37. The summed E-state index contributed by atoms with van der Waals surface area (Å²) in [4.78, 5) is 2.46. The van der Waals surface area contributed by atoms with Crippen LogP contribution in [-0.2, 0) is 0 Å². The second-order valence-electron chi connectivity index (χ2n) is 6.88. The summed E-state index contributed by atoms with van der Waals surface area (Å²) in [5.41, 5.74) is 0. The van der Waals surface area contributed by atoms with Crippen molar-refractivity contribution in [1.82, 2.24) is 10.2 Å². The van der Waals surface area contributed by atoms with E-state index in [1.807, 2.05) is 0 Å². The van der Waals surface area contributed by atoms with Gasteiger partial charge in [-0.25, -0.2) is 0 Å². The summed E-state index contributed by atoms with van der Waals surface area (Å²) in [6, 6.07) is 0. The van der Waals surface area contributed by atoms with Crippen LogP contribution in [0, 0.1) is 0 Å². The second kappa shape index (κ2) is 15.6. The predicted molar refractivity (Wildman–Crippen MR) is 99.3 cm³/mol. The van der Waals surface area contributed by atoms with E-state index in [4.69, 9.17) is 0 Å². The number of hydrogen-bond donors (Lipinski definition) is 1. The van der Waals surface area contributed by atoms with Crippen molar-refractivity contribution in [3.05, 3.63) is 12.2 Å². The van der Waals surface area contributed by atoms with Gasteiger partial charge >= 0.3 is 0 Å². The normalized spacial score (nSPS) is 16.0. The minimum Gasteiger partial charge on any atom is -0.303 e. The summed E-state index contributed by atoms with van der Waals surface area (Å²) >= 11 is 0. The minimum atomic E-state index is 1.07. The number of allylic oxidation sites excluding steroid dienone is 1. The van der Waals surface area contributed by atoms with E-state index in [1.165, 1.54) is 90.0 Å². The number of nitrogens with one attached hydrogen (secondary N) is 1. The zero-order valence-corrected chi connectivity index (χ0v) is 15.1. The molecule has 0 saturated carbocycles. The van der Waals surface area contributed by atoms with E-state index in [9.17, 15) is 0 Å². The number of nitrogens with zero attached hydrogens (tertiary/aromatic N) is 1. The van der Waals surface area contributed by atoms with Crippen LogP contribution in [0.15, 0.2) is 12.2 Å². The molecule has 0 bridgehead atoms. The fourth-order valence-electron chi connectivity index (χ4n) is 3.15. The molecule has 2 heteroatoms. The Labute approximate surface area is 139 Å². The van der Waals surface area contributed by atoms with Crippen molar-refractivity contribution in [2.24, 2.45) is 0 Å². The smallest absolute Gasteiger partial charge is 0.0484 e. The Morgan fingerprint density at radius 1 is 0.773 bits per heavy atom. The standard InChI is InChI=1S/C20H40N2/c1-2-3-4-5-6-7-8-9-10-11-12-13-14-15-16-18-22-19-17-21-20-22/h15-16,21H,2-14,17-20H2,1H3. The van der Waals surface area contributed by atoms with Crippen molar-refractivity contribution >= 4 is 0 Å². The lowest BCUT2D eigenvalue weighted by Crippen LogP contribution is -2.21. The summed E-state index contributed by atoms with van der Waals surface area (Å²) in [5.74, 6) is 0. The molecule has 0 aromatic heterocycles. The topological polar surface area (TPSA) is 15.3 Å². The fraction of sp³-hybridized carbons (Fsp3) is 0.900. The van der Waals surface area contributed by atoms with E-state index in [0.29, 0.717) is 0 Å². The molecule has 1 aliphatic heterocycles. The van der Waals surface area contributed by atoms with Gasteiger partial charge in [0.1, 0.15) is 0 Å². The Bertz CT molecular complexity index is 244. The van der Waals surface area contributed by atoms with Gasteiger partial charge in [-0.2, -0.15) is 0 Å². The second-order valence-corrected chi connectivity index (χ2v) is 6.88. The Hall–Kier alpha value is -0.340. The first-order valence-corrected chi connectivity index (χ1v) is 10.0. The monoisotopic (exact) mass is 308 g/mol. The van der Waals surface area contributed by atoms with Crippen molar-refractivity contribution < 1.29 is 0 Å². The molecule has 0 aliphatic carbocycles. The van der Waals surface area contributed by atoms with Crippen LogP contribution in [0.5, 0.6) is 0 Å². The van der Waals surface area contributed by atoms with Gasteiger partial charge < -0.3 is 5.32 Å². The summed E-state index contributed by atoms with van der Waals surface area (Å²) in [5, 5.41) is 3.37. The average molecular weight is 309 g/mol. The van der Waals surface area contributed by atoms with Crippen LogP contribution in [0.2, 0.25) is 0 Å². The Kier molecular flexibility index (Phi) is 13.9. The van der Waals surface area contributed by atoms with Gasteiger partial charge in [0, 0.05) is 26.3 Å². The highest BCUT2D eigenvalue weighted by atomic mass is 15.3. The highest BCUT2D eigenvalue weighted by Gasteiger charge is 2.07. The van der Waals surface area contributed by atoms with Crippen molar-refractivity contribution in [1.29, 1.82) is 0 Å². The van der Waals surface area contributed by atoms with Crippen molar-refractivity contribution in [2.75, 3.05) is 26.3 Å². The number of rotatable bonds is 15. The minimum absolute atomic E-state index is 1.07. The fourth-order valence-corrected chi connectivity index (χ4v) is 3.15.